The minimum absolute atomic E-state index is 0. The van der Waals surface area contributed by atoms with Crippen LogP contribution in [0.2, 0.25) is 0 Å². The summed E-state index contributed by atoms with van der Waals surface area (Å²) in [5, 5.41) is 17.4. The minimum atomic E-state index is -0.670. The Labute approximate surface area is 203 Å². The number of aliphatic hydroxyl groups is 1. The Kier molecular flexibility index (Phi) is 11.1. The first kappa shape index (κ1) is 25.4. The van der Waals surface area contributed by atoms with Crippen LogP contribution in [-0.2, 0) is 6.54 Å². The average Bonchev–Trinajstić information content (AvgIpc) is 2.78. The third kappa shape index (κ3) is 8.31. The summed E-state index contributed by atoms with van der Waals surface area (Å²) in [4.78, 5) is 7.12. The molecule has 0 aliphatic carbocycles. The molecule has 3 N–H and O–H groups in total. The van der Waals surface area contributed by atoms with Gasteiger partial charge in [0.05, 0.1) is 19.8 Å². The van der Waals surface area contributed by atoms with Crippen molar-refractivity contribution in [2.75, 3.05) is 33.3 Å². The predicted octanol–water partition coefficient (Wildman–Crippen LogP) is 3.57. The topological polar surface area (TPSA) is 69.1 Å². The lowest BCUT2D eigenvalue weighted by Gasteiger charge is -2.34. The van der Waals surface area contributed by atoms with Crippen molar-refractivity contribution in [3.63, 3.8) is 0 Å². The first-order chi connectivity index (χ1) is 14.7. The minimum Gasteiger partial charge on any atom is -0.497 e. The molecule has 0 spiro atoms. The van der Waals surface area contributed by atoms with Gasteiger partial charge in [0.2, 0.25) is 0 Å². The van der Waals surface area contributed by atoms with Crippen LogP contribution in [-0.4, -0.2) is 55.3 Å². The number of guanidine groups is 1. The van der Waals surface area contributed by atoms with Crippen molar-refractivity contribution in [3.8, 4) is 5.75 Å². The molecule has 170 valence electrons. The molecule has 0 bridgehead atoms. The second-order valence-corrected chi connectivity index (χ2v) is 7.72. The zero-order valence-electron chi connectivity index (χ0n) is 18.5. The first-order valence-electron chi connectivity index (χ1n) is 10.8. The third-order valence-electron chi connectivity index (χ3n) is 5.34. The number of piperidine rings is 1. The van der Waals surface area contributed by atoms with E-state index in [2.05, 4.69) is 57.8 Å². The normalized spacial score (nSPS) is 18.0. The van der Waals surface area contributed by atoms with Crippen molar-refractivity contribution in [3.05, 3.63) is 65.7 Å². The van der Waals surface area contributed by atoms with E-state index in [0.29, 0.717) is 12.6 Å². The highest BCUT2D eigenvalue weighted by Gasteiger charge is 2.21. The summed E-state index contributed by atoms with van der Waals surface area (Å²) in [6.07, 6.45) is 1.61. The van der Waals surface area contributed by atoms with Crippen LogP contribution in [0, 0.1) is 0 Å². The summed E-state index contributed by atoms with van der Waals surface area (Å²) in [5.41, 5.74) is 2.15. The third-order valence-corrected chi connectivity index (χ3v) is 5.34. The molecule has 7 heteroatoms. The lowest BCUT2D eigenvalue weighted by molar-refractivity contribution is 0.185. The number of rotatable bonds is 8. The van der Waals surface area contributed by atoms with Crippen molar-refractivity contribution in [2.45, 2.75) is 38.5 Å². The number of ether oxygens (including phenoxy) is 1. The molecule has 0 amide bonds. The molecule has 2 unspecified atom stereocenters. The molecule has 0 saturated carbocycles. The molecule has 6 nitrogen and oxygen atoms in total. The summed E-state index contributed by atoms with van der Waals surface area (Å²) in [5.74, 6) is 1.49. The fourth-order valence-corrected chi connectivity index (χ4v) is 3.80. The molecule has 1 fully saturated rings. The standard InChI is InChI=1S/C24H34N4O2.HI/c1-3-25-24(26-16-23(29)20-11-7-13-22(15-20)30-2)27-21-12-8-14-28(18-21)17-19-9-5-4-6-10-19;/h4-7,9-11,13,15,21,23,29H,3,8,12,14,16-18H2,1-2H3,(H2,25,26,27);1H. The molecule has 3 rings (SSSR count). The van der Waals surface area contributed by atoms with E-state index in [-0.39, 0.29) is 24.0 Å². The number of halogens is 1. The van der Waals surface area contributed by atoms with Gasteiger partial charge in [-0.05, 0) is 49.6 Å². The second-order valence-electron chi connectivity index (χ2n) is 7.72. The van der Waals surface area contributed by atoms with Gasteiger partial charge in [-0.15, -0.1) is 24.0 Å². The van der Waals surface area contributed by atoms with E-state index in [0.717, 1.165) is 56.3 Å². The van der Waals surface area contributed by atoms with Gasteiger partial charge in [0.25, 0.3) is 0 Å². The van der Waals surface area contributed by atoms with Crippen molar-refractivity contribution < 1.29 is 9.84 Å². The van der Waals surface area contributed by atoms with E-state index in [1.165, 1.54) is 5.56 Å². The van der Waals surface area contributed by atoms with Crippen LogP contribution in [0.4, 0.5) is 0 Å². The highest BCUT2D eigenvalue weighted by atomic mass is 127. The zero-order chi connectivity index (χ0) is 21.2. The van der Waals surface area contributed by atoms with Crippen LogP contribution >= 0.6 is 24.0 Å². The monoisotopic (exact) mass is 538 g/mol. The molecule has 1 aliphatic heterocycles. The van der Waals surface area contributed by atoms with Gasteiger partial charge in [0.15, 0.2) is 5.96 Å². The largest absolute Gasteiger partial charge is 0.497 e. The maximum Gasteiger partial charge on any atom is 0.191 e. The van der Waals surface area contributed by atoms with Gasteiger partial charge in [-0.1, -0.05) is 42.5 Å². The maximum absolute atomic E-state index is 10.5. The van der Waals surface area contributed by atoms with Gasteiger partial charge in [0.1, 0.15) is 5.75 Å². The van der Waals surface area contributed by atoms with Gasteiger partial charge in [0, 0.05) is 25.7 Å². The lowest BCUT2D eigenvalue weighted by Crippen LogP contribution is -2.51. The van der Waals surface area contributed by atoms with Crippen molar-refractivity contribution in [1.82, 2.24) is 15.5 Å². The molecule has 2 aromatic rings. The molecule has 1 heterocycles. The molecular formula is C24H35IN4O2. The van der Waals surface area contributed by atoms with Crippen LogP contribution in [0.1, 0.15) is 37.0 Å². The molecule has 0 radical (unpaired) electrons. The van der Waals surface area contributed by atoms with Crippen LogP contribution in [0.15, 0.2) is 59.6 Å². The number of hydrogen-bond acceptors (Lipinski definition) is 4. The summed E-state index contributed by atoms with van der Waals surface area (Å²) in [6.45, 7) is 6.21. The fourth-order valence-electron chi connectivity index (χ4n) is 3.80. The maximum atomic E-state index is 10.5. The molecule has 1 aliphatic rings. The fraction of sp³-hybridized carbons (Fsp3) is 0.458. The Bertz CT molecular complexity index is 803. The van der Waals surface area contributed by atoms with Crippen molar-refractivity contribution in [2.24, 2.45) is 4.99 Å². The Balaban J connectivity index is 0.00000341. The Morgan fingerprint density at radius 2 is 2.03 bits per heavy atom. The van der Waals surface area contributed by atoms with E-state index >= 15 is 0 Å². The molecule has 31 heavy (non-hydrogen) atoms. The number of aliphatic hydroxyl groups excluding tert-OH is 1. The Morgan fingerprint density at radius 3 is 2.77 bits per heavy atom. The van der Waals surface area contributed by atoms with Gasteiger partial charge in [-0.3, -0.25) is 9.89 Å². The molecule has 2 aromatic carbocycles. The number of aliphatic imine (C=N–C) groups is 1. The smallest absolute Gasteiger partial charge is 0.191 e. The van der Waals surface area contributed by atoms with Gasteiger partial charge >= 0.3 is 0 Å². The van der Waals surface area contributed by atoms with E-state index in [4.69, 9.17) is 4.74 Å². The van der Waals surface area contributed by atoms with Crippen LogP contribution in [0.5, 0.6) is 5.75 Å². The molecule has 0 aromatic heterocycles. The first-order valence-corrected chi connectivity index (χ1v) is 10.8. The average molecular weight is 538 g/mol. The quantitative estimate of drug-likeness (QED) is 0.273. The number of nitrogens with one attached hydrogen (secondary N) is 2. The van der Waals surface area contributed by atoms with E-state index < -0.39 is 6.10 Å². The highest BCUT2D eigenvalue weighted by Crippen LogP contribution is 2.19. The summed E-state index contributed by atoms with van der Waals surface area (Å²) < 4.78 is 5.25. The summed E-state index contributed by atoms with van der Waals surface area (Å²) in [7, 11) is 1.63. The predicted molar refractivity (Wildman–Crippen MR) is 137 cm³/mol. The molecule has 2 atom stereocenters. The number of methoxy groups -OCH3 is 1. The van der Waals surface area contributed by atoms with E-state index in [1.807, 2.05) is 24.3 Å². The number of benzene rings is 2. The van der Waals surface area contributed by atoms with Gasteiger partial charge in [-0.25, -0.2) is 0 Å². The Hall–Kier alpha value is -1.84. The summed E-state index contributed by atoms with van der Waals surface area (Å²) >= 11 is 0. The second kappa shape index (κ2) is 13.5. The van der Waals surface area contributed by atoms with Crippen molar-refractivity contribution >= 4 is 29.9 Å². The highest BCUT2D eigenvalue weighted by molar-refractivity contribution is 14.0. The van der Waals surface area contributed by atoms with Crippen LogP contribution in [0.25, 0.3) is 0 Å². The van der Waals surface area contributed by atoms with Crippen molar-refractivity contribution in [1.29, 1.82) is 0 Å². The van der Waals surface area contributed by atoms with E-state index in [1.54, 1.807) is 7.11 Å². The lowest BCUT2D eigenvalue weighted by atomic mass is 10.0. The van der Waals surface area contributed by atoms with E-state index in [9.17, 15) is 5.11 Å². The van der Waals surface area contributed by atoms with Crippen LogP contribution < -0.4 is 15.4 Å². The zero-order valence-corrected chi connectivity index (χ0v) is 20.8. The summed E-state index contributed by atoms with van der Waals surface area (Å²) in [6, 6.07) is 18.5. The SMILES string of the molecule is CCNC(=NCC(O)c1cccc(OC)c1)NC1CCCN(Cc2ccccc2)C1.I. The van der Waals surface area contributed by atoms with Gasteiger partial charge < -0.3 is 20.5 Å². The number of nitrogens with zero attached hydrogens (tertiary/aromatic N) is 2. The molecule has 1 saturated heterocycles. The number of likely N-dealkylation sites (tertiary alicyclic amines) is 1. The van der Waals surface area contributed by atoms with Crippen LogP contribution in [0.3, 0.4) is 0 Å². The van der Waals surface area contributed by atoms with Gasteiger partial charge in [-0.2, -0.15) is 0 Å². The molecular weight excluding hydrogens is 503 g/mol. The number of hydrogen-bond donors (Lipinski definition) is 3. The Morgan fingerprint density at radius 1 is 1.23 bits per heavy atom.